The Morgan fingerprint density at radius 1 is 1.08 bits per heavy atom. The Balaban J connectivity index is 1.62. The molecule has 136 valence electrons. The van der Waals surface area contributed by atoms with Gasteiger partial charge in [0.2, 0.25) is 6.54 Å². The van der Waals surface area contributed by atoms with E-state index in [1.807, 2.05) is 24.4 Å². The number of aromatic nitrogens is 1. The summed E-state index contributed by atoms with van der Waals surface area (Å²) in [6.07, 6.45) is 4.07. The Kier molecular flexibility index (Phi) is 5.44. The normalized spacial score (nSPS) is 17.6. The van der Waals surface area contributed by atoms with Crippen LogP contribution in [-0.4, -0.2) is 29.5 Å². The van der Waals surface area contributed by atoms with Crippen molar-refractivity contribution in [3.63, 3.8) is 0 Å². The molecule has 0 unspecified atom stereocenters. The van der Waals surface area contributed by atoms with E-state index in [1.54, 1.807) is 0 Å². The molecule has 2 aromatic rings. The summed E-state index contributed by atoms with van der Waals surface area (Å²) in [7, 11) is 0. The van der Waals surface area contributed by atoms with Crippen LogP contribution in [0, 0.1) is 17.4 Å². The van der Waals surface area contributed by atoms with Crippen molar-refractivity contribution in [3.05, 3.63) is 65.6 Å². The molecule has 1 saturated heterocycles. The molecule has 1 aliphatic heterocycles. The van der Waals surface area contributed by atoms with E-state index < -0.39 is 0 Å². The Morgan fingerprint density at radius 3 is 2.31 bits per heavy atom. The van der Waals surface area contributed by atoms with Crippen LogP contribution in [0.25, 0.3) is 16.1 Å². The van der Waals surface area contributed by atoms with Gasteiger partial charge in [0.05, 0.1) is 5.69 Å². The molecule has 0 spiro atoms. The summed E-state index contributed by atoms with van der Waals surface area (Å²) >= 11 is 0. The van der Waals surface area contributed by atoms with Crippen molar-refractivity contribution in [2.45, 2.75) is 40.2 Å². The van der Waals surface area contributed by atoms with Crippen molar-refractivity contribution in [3.8, 4) is 11.3 Å². The van der Waals surface area contributed by atoms with E-state index in [0.29, 0.717) is 6.54 Å². The van der Waals surface area contributed by atoms with Crippen LogP contribution in [0.4, 0.5) is 0 Å². The second-order valence-electron chi connectivity index (χ2n) is 8.53. The summed E-state index contributed by atoms with van der Waals surface area (Å²) < 4.78 is 0. The Hall–Kier alpha value is -2.18. The van der Waals surface area contributed by atoms with Gasteiger partial charge < -0.3 is 4.85 Å². The SMILES string of the molecule is [C-]#[N+]CC1(C(C)(C)C)CCN(Cc2ccc(-c3ccccn3)cc2)CC1. The van der Waals surface area contributed by atoms with Crippen LogP contribution in [0.5, 0.6) is 0 Å². The standard InChI is InChI=1S/C23H29N3/c1-22(2,3)23(18-24-4)12-15-26(16-13-23)17-19-8-10-20(11-9-19)21-7-5-6-14-25-21/h5-11,14H,12-13,15-18H2,1-3H3. The first-order chi connectivity index (χ1) is 12.4. The van der Waals surface area contributed by atoms with Crippen molar-refractivity contribution in [2.75, 3.05) is 19.6 Å². The van der Waals surface area contributed by atoms with E-state index in [0.717, 1.165) is 43.7 Å². The van der Waals surface area contributed by atoms with Gasteiger partial charge in [-0.05, 0) is 49.0 Å². The largest absolute Gasteiger partial charge is 0.316 e. The molecule has 0 amide bonds. The topological polar surface area (TPSA) is 20.5 Å². The number of nitrogens with zero attached hydrogens (tertiary/aromatic N) is 3. The van der Waals surface area contributed by atoms with Crippen LogP contribution in [-0.2, 0) is 6.54 Å². The number of hydrogen-bond acceptors (Lipinski definition) is 2. The van der Waals surface area contributed by atoms with Crippen molar-refractivity contribution < 1.29 is 0 Å². The van der Waals surface area contributed by atoms with Crippen molar-refractivity contribution >= 4 is 0 Å². The molecule has 1 aromatic heterocycles. The maximum absolute atomic E-state index is 7.37. The number of piperidine rings is 1. The van der Waals surface area contributed by atoms with Crippen molar-refractivity contribution in [2.24, 2.45) is 10.8 Å². The number of hydrogen-bond donors (Lipinski definition) is 0. The van der Waals surface area contributed by atoms with Gasteiger partial charge in [-0.3, -0.25) is 9.88 Å². The first-order valence-corrected chi connectivity index (χ1v) is 9.49. The fourth-order valence-electron chi connectivity index (χ4n) is 4.01. The van der Waals surface area contributed by atoms with Gasteiger partial charge in [0.25, 0.3) is 0 Å². The maximum atomic E-state index is 7.37. The lowest BCUT2D eigenvalue weighted by atomic mass is 9.61. The molecule has 1 fully saturated rings. The van der Waals surface area contributed by atoms with Gasteiger partial charge in [-0.25, -0.2) is 6.57 Å². The predicted octanol–water partition coefficient (Wildman–Crippen LogP) is 5.30. The Labute approximate surface area is 157 Å². The first-order valence-electron chi connectivity index (χ1n) is 9.49. The van der Waals surface area contributed by atoms with Crippen LogP contribution >= 0.6 is 0 Å². The fraction of sp³-hybridized carbons (Fsp3) is 0.478. The van der Waals surface area contributed by atoms with Crippen LogP contribution in [0.1, 0.15) is 39.2 Å². The third kappa shape index (κ3) is 3.97. The molecule has 0 aliphatic carbocycles. The molecule has 2 heterocycles. The second kappa shape index (κ2) is 7.60. The molecule has 3 rings (SSSR count). The minimum absolute atomic E-state index is 0.161. The van der Waals surface area contributed by atoms with Gasteiger partial charge in [0.15, 0.2) is 0 Å². The van der Waals surface area contributed by atoms with E-state index >= 15 is 0 Å². The van der Waals surface area contributed by atoms with Crippen LogP contribution in [0.3, 0.4) is 0 Å². The molecule has 0 atom stereocenters. The average molecular weight is 348 g/mol. The zero-order valence-electron chi connectivity index (χ0n) is 16.2. The molecular weight excluding hydrogens is 318 g/mol. The lowest BCUT2D eigenvalue weighted by molar-refractivity contribution is 0.0173. The van der Waals surface area contributed by atoms with E-state index in [9.17, 15) is 0 Å². The summed E-state index contributed by atoms with van der Waals surface area (Å²) in [6.45, 7) is 18.1. The minimum atomic E-state index is 0.161. The molecule has 0 saturated carbocycles. The summed E-state index contributed by atoms with van der Waals surface area (Å²) in [4.78, 5) is 10.7. The van der Waals surface area contributed by atoms with Crippen LogP contribution < -0.4 is 0 Å². The molecule has 1 aliphatic rings. The van der Waals surface area contributed by atoms with E-state index in [4.69, 9.17) is 6.57 Å². The van der Waals surface area contributed by atoms with E-state index in [-0.39, 0.29) is 10.8 Å². The molecule has 26 heavy (non-hydrogen) atoms. The monoisotopic (exact) mass is 347 g/mol. The number of benzene rings is 1. The van der Waals surface area contributed by atoms with Crippen LogP contribution in [0.15, 0.2) is 48.7 Å². The minimum Gasteiger partial charge on any atom is -0.316 e. The lowest BCUT2D eigenvalue weighted by Gasteiger charge is -2.46. The highest BCUT2D eigenvalue weighted by atomic mass is 15.1. The van der Waals surface area contributed by atoms with Crippen molar-refractivity contribution in [1.82, 2.24) is 9.88 Å². The Bertz CT molecular complexity index is 743. The van der Waals surface area contributed by atoms with Crippen LogP contribution in [0.2, 0.25) is 0 Å². The Morgan fingerprint density at radius 2 is 1.77 bits per heavy atom. The van der Waals surface area contributed by atoms with Crippen molar-refractivity contribution in [1.29, 1.82) is 0 Å². The molecule has 1 aromatic carbocycles. The molecule has 0 bridgehead atoms. The second-order valence-corrected chi connectivity index (χ2v) is 8.53. The average Bonchev–Trinajstić information content (AvgIpc) is 2.64. The fourth-order valence-corrected chi connectivity index (χ4v) is 4.01. The zero-order chi connectivity index (χ0) is 18.6. The van der Waals surface area contributed by atoms with E-state index in [2.05, 4.69) is 59.8 Å². The first kappa shape index (κ1) is 18.6. The molecule has 0 N–H and O–H groups in total. The molecule has 3 heteroatoms. The quantitative estimate of drug-likeness (QED) is 0.700. The predicted molar refractivity (Wildman–Crippen MR) is 108 cm³/mol. The summed E-state index contributed by atoms with van der Waals surface area (Å²) in [6, 6.07) is 14.8. The van der Waals surface area contributed by atoms with Gasteiger partial charge in [0, 0.05) is 23.7 Å². The van der Waals surface area contributed by atoms with Gasteiger partial charge in [-0.15, -0.1) is 0 Å². The number of pyridine rings is 1. The van der Waals surface area contributed by atoms with Gasteiger partial charge in [-0.1, -0.05) is 51.1 Å². The number of rotatable bonds is 4. The highest BCUT2D eigenvalue weighted by Gasteiger charge is 2.46. The lowest BCUT2D eigenvalue weighted by Crippen LogP contribution is -2.47. The third-order valence-corrected chi connectivity index (χ3v) is 6.11. The third-order valence-electron chi connectivity index (χ3n) is 6.11. The molecular formula is C23H29N3. The van der Waals surface area contributed by atoms with Gasteiger partial charge in [-0.2, -0.15) is 0 Å². The summed E-state index contributed by atoms with van der Waals surface area (Å²) in [5.74, 6) is 0. The smallest absolute Gasteiger partial charge is 0.220 e. The zero-order valence-corrected chi connectivity index (χ0v) is 16.2. The van der Waals surface area contributed by atoms with Gasteiger partial charge in [0.1, 0.15) is 0 Å². The molecule has 3 nitrogen and oxygen atoms in total. The molecule has 0 radical (unpaired) electrons. The van der Waals surface area contributed by atoms with E-state index in [1.165, 1.54) is 5.56 Å². The highest BCUT2D eigenvalue weighted by Crippen LogP contribution is 2.47. The summed E-state index contributed by atoms with van der Waals surface area (Å²) in [5.41, 5.74) is 3.88. The number of likely N-dealkylation sites (tertiary alicyclic amines) is 1. The van der Waals surface area contributed by atoms with Gasteiger partial charge >= 0.3 is 0 Å². The maximum Gasteiger partial charge on any atom is 0.220 e. The highest BCUT2D eigenvalue weighted by molar-refractivity contribution is 5.58. The summed E-state index contributed by atoms with van der Waals surface area (Å²) in [5, 5.41) is 0.